The van der Waals surface area contributed by atoms with Crippen molar-refractivity contribution in [1.82, 2.24) is 20.4 Å². The number of aromatic nitrogens is 2. The zero-order valence-corrected chi connectivity index (χ0v) is 11.7. The van der Waals surface area contributed by atoms with Gasteiger partial charge in [0.05, 0.1) is 5.52 Å². The van der Waals surface area contributed by atoms with E-state index >= 15 is 0 Å². The molecule has 0 saturated carbocycles. The molecule has 2 N–H and O–H groups in total. The third-order valence-electron chi connectivity index (χ3n) is 3.85. The van der Waals surface area contributed by atoms with E-state index in [2.05, 4.69) is 15.7 Å². The molecule has 3 rings (SSSR count). The van der Waals surface area contributed by atoms with Crippen LogP contribution in [0.2, 0.25) is 0 Å². The van der Waals surface area contributed by atoms with Crippen LogP contribution in [0.25, 0.3) is 10.9 Å². The third-order valence-corrected chi connectivity index (χ3v) is 3.85. The van der Waals surface area contributed by atoms with Gasteiger partial charge in [0.25, 0.3) is 5.91 Å². The summed E-state index contributed by atoms with van der Waals surface area (Å²) in [6, 6.07) is 8.02. The van der Waals surface area contributed by atoms with Crippen molar-refractivity contribution in [2.45, 2.75) is 25.3 Å². The summed E-state index contributed by atoms with van der Waals surface area (Å²) in [4.78, 5) is 12.4. The molecule has 1 unspecified atom stereocenters. The van der Waals surface area contributed by atoms with Crippen LogP contribution in [0.5, 0.6) is 0 Å². The fourth-order valence-electron chi connectivity index (χ4n) is 2.78. The normalized spacial score (nSPS) is 19.8. The van der Waals surface area contributed by atoms with Crippen molar-refractivity contribution >= 4 is 16.8 Å². The number of amides is 1. The van der Waals surface area contributed by atoms with Crippen molar-refractivity contribution in [2.24, 2.45) is 7.05 Å². The lowest BCUT2D eigenvalue weighted by Crippen LogP contribution is -2.41. The predicted molar refractivity (Wildman–Crippen MR) is 78.7 cm³/mol. The zero-order valence-electron chi connectivity index (χ0n) is 11.7. The van der Waals surface area contributed by atoms with Gasteiger partial charge in [-0.3, -0.25) is 9.48 Å². The number of hydrogen-bond donors (Lipinski definition) is 2. The van der Waals surface area contributed by atoms with Crippen LogP contribution in [0.15, 0.2) is 24.3 Å². The van der Waals surface area contributed by atoms with Crippen LogP contribution in [0.1, 0.15) is 29.8 Å². The first-order valence-corrected chi connectivity index (χ1v) is 7.19. The quantitative estimate of drug-likeness (QED) is 0.870. The molecule has 1 aromatic carbocycles. The van der Waals surface area contributed by atoms with Crippen LogP contribution in [-0.4, -0.2) is 34.8 Å². The third kappa shape index (κ3) is 2.54. The summed E-state index contributed by atoms with van der Waals surface area (Å²) in [7, 11) is 1.87. The first-order chi connectivity index (χ1) is 9.75. The fourth-order valence-corrected chi connectivity index (χ4v) is 2.78. The second kappa shape index (κ2) is 5.63. The van der Waals surface area contributed by atoms with Gasteiger partial charge in [-0.25, -0.2) is 0 Å². The molecule has 0 aliphatic carbocycles. The summed E-state index contributed by atoms with van der Waals surface area (Å²) in [6.07, 6.45) is 3.36. The Morgan fingerprint density at radius 1 is 1.40 bits per heavy atom. The highest BCUT2D eigenvalue weighted by Crippen LogP contribution is 2.17. The standard InChI is InChI=1S/C15H20N4O/c1-19-13-8-3-2-7-12(13)14(18-19)15(20)17-11-6-4-5-9-16-10-11/h2-3,7-8,11,16H,4-6,9-10H2,1H3,(H,17,20). The second-order valence-electron chi connectivity index (χ2n) is 5.36. The lowest BCUT2D eigenvalue weighted by atomic mass is 10.1. The largest absolute Gasteiger partial charge is 0.347 e. The van der Waals surface area contributed by atoms with Gasteiger partial charge in [-0.15, -0.1) is 0 Å². The highest BCUT2D eigenvalue weighted by Gasteiger charge is 2.19. The van der Waals surface area contributed by atoms with E-state index in [0.29, 0.717) is 5.69 Å². The van der Waals surface area contributed by atoms with Gasteiger partial charge in [0.1, 0.15) is 0 Å². The SMILES string of the molecule is Cn1nc(C(=O)NC2CCCCNC2)c2ccccc21. The first-order valence-electron chi connectivity index (χ1n) is 7.19. The minimum atomic E-state index is -0.0736. The summed E-state index contributed by atoms with van der Waals surface area (Å²) in [6.45, 7) is 1.88. The molecular weight excluding hydrogens is 252 g/mol. The average Bonchev–Trinajstić information content (AvgIpc) is 2.64. The minimum Gasteiger partial charge on any atom is -0.347 e. The van der Waals surface area contributed by atoms with E-state index in [1.807, 2.05) is 31.3 Å². The Balaban J connectivity index is 1.81. The van der Waals surface area contributed by atoms with Gasteiger partial charge in [-0.05, 0) is 25.5 Å². The Hall–Kier alpha value is -1.88. The van der Waals surface area contributed by atoms with Crippen LogP contribution in [0.4, 0.5) is 0 Å². The zero-order chi connectivity index (χ0) is 13.9. The molecule has 1 saturated heterocycles. The molecule has 1 amide bonds. The molecule has 2 aromatic rings. The van der Waals surface area contributed by atoms with E-state index in [0.717, 1.165) is 36.8 Å². The number of hydrogen-bond acceptors (Lipinski definition) is 3. The Kier molecular flexibility index (Phi) is 3.69. The maximum Gasteiger partial charge on any atom is 0.272 e. The maximum absolute atomic E-state index is 12.4. The molecule has 0 bridgehead atoms. The molecule has 1 aromatic heterocycles. The lowest BCUT2D eigenvalue weighted by Gasteiger charge is -2.15. The number of para-hydroxylation sites is 1. The topological polar surface area (TPSA) is 59.0 Å². The number of nitrogens with zero attached hydrogens (tertiary/aromatic N) is 2. The number of carbonyl (C=O) groups excluding carboxylic acids is 1. The fraction of sp³-hybridized carbons (Fsp3) is 0.467. The van der Waals surface area contributed by atoms with Crippen molar-refractivity contribution in [2.75, 3.05) is 13.1 Å². The molecule has 1 atom stereocenters. The Labute approximate surface area is 118 Å². The molecule has 5 heteroatoms. The van der Waals surface area contributed by atoms with Gasteiger partial charge in [-0.1, -0.05) is 24.6 Å². The number of nitrogens with one attached hydrogen (secondary N) is 2. The number of benzene rings is 1. The molecule has 2 heterocycles. The van der Waals surface area contributed by atoms with E-state index in [-0.39, 0.29) is 11.9 Å². The molecule has 5 nitrogen and oxygen atoms in total. The number of aryl methyl sites for hydroxylation is 1. The van der Waals surface area contributed by atoms with E-state index in [1.165, 1.54) is 6.42 Å². The Bertz CT molecular complexity index is 611. The summed E-state index contributed by atoms with van der Waals surface area (Å²) < 4.78 is 1.76. The van der Waals surface area contributed by atoms with Gasteiger partial charge in [0.15, 0.2) is 5.69 Å². The predicted octanol–water partition coefficient (Wildman–Crippen LogP) is 1.45. The molecule has 1 aliphatic rings. The monoisotopic (exact) mass is 272 g/mol. The van der Waals surface area contributed by atoms with Crippen molar-refractivity contribution in [3.8, 4) is 0 Å². The van der Waals surface area contributed by atoms with Gasteiger partial charge < -0.3 is 10.6 Å². The lowest BCUT2D eigenvalue weighted by molar-refractivity contribution is 0.0931. The van der Waals surface area contributed by atoms with Crippen molar-refractivity contribution in [1.29, 1.82) is 0 Å². The molecule has 1 aliphatic heterocycles. The molecule has 0 spiro atoms. The van der Waals surface area contributed by atoms with Crippen LogP contribution in [0, 0.1) is 0 Å². The van der Waals surface area contributed by atoms with E-state index in [9.17, 15) is 4.79 Å². The van der Waals surface area contributed by atoms with E-state index < -0.39 is 0 Å². The number of carbonyl (C=O) groups is 1. The minimum absolute atomic E-state index is 0.0736. The molecule has 20 heavy (non-hydrogen) atoms. The molecular formula is C15H20N4O. The van der Waals surface area contributed by atoms with Gasteiger partial charge >= 0.3 is 0 Å². The highest BCUT2D eigenvalue weighted by atomic mass is 16.2. The smallest absolute Gasteiger partial charge is 0.272 e. The average molecular weight is 272 g/mol. The van der Waals surface area contributed by atoms with E-state index in [4.69, 9.17) is 0 Å². The van der Waals surface area contributed by atoms with Gasteiger partial charge in [0.2, 0.25) is 0 Å². The number of rotatable bonds is 2. The first kappa shape index (κ1) is 13.1. The van der Waals surface area contributed by atoms with Crippen LogP contribution >= 0.6 is 0 Å². The van der Waals surface area contributed by atoms with Crippen molar-refractivity contribution in [3.63, 3.8) is 0 Å². The molecule has 106 valence electrons. The summed E-state index contributed by atoms with van der Waals surface area (Å²) >= 11 is 0. The van der Waals surface area contributed by atoms with Crippen LogP contribution in [0.3, 0.4) is 0 Å². The van der Waals surface area contributed by atoms with Crippen LogP contribution in [-0.2, 0) is 7.05 Å². The highest BCUT2D eigenvalue weighted by molar-refractivity contribution is 6.04. The second-order valence-corrected chi connectivity index (χ2v) is 5.36. The van der Waals surface area contributed by atoms with Gasteiger partial charge in [0, 0.05) is 25.0 Å². The Morgan fingerprint density at radius 2 is 2.25 bits per heavy atom. The molecule has 1 fully saturated rings. The van der Waals surface area contributed by atoms with Crippen molar-refractivity contribution in [3.05, 3.63) is 30.0 Å². The Morgan fingerprint density at radius 3 is 3.15 bits per heavy atom. The van der Waals surface area contributed by atoms with E-state index in [1.54, 1.807) is 4.68 Å². The summed E-state index contributed by atoms with van der Waals surface area (Å²) in [5, 5.41) is 11.7. The summed E-state index contributed by atoms with van der Waals surface area (Å²) in [5.74, 6) is -0.0736. The van der Waals surface area contributed by atoms with Crippen molar-refractivity contribution < 1.29 is 4.79 Å². The maximum atomic E-state index is 12.4. The summed E-state index contributed by atoms with van der Waals surface area (Å²) in [5.41, 5.74) is 1.50. The molecule has 0 radical (unpaired) electrons. The number of fused-ring (bicyclic) bond motifs is 1. The van der Waals surface area contributed by atoms with Gasteiger partial charge in [-0.2, -0.15) is 5.10 Å². The van der Waals surface area contributed by atoms with Crippen LogP contribution < -0.4 is 10.6 Å².